The molecule has 20 heavy (non-hydrogen) atoms. The van der Waals surface area contributed by atoms with Crippen molar-refractivity contribution in [1.29, 1.82) is 0 Å². The number of aromatic nitrogens is 4. The maximum atomic E-state index is 6.34. The van der Waals surface area contributed by atoms with Crippen LogP contribution in [0.1, 0.15) is 37.0 Å². The van der Waals surface area contributed by atoms with Gasteiger partial charge in [0.1, 0.15) is 0 Å². The van der Waals surface area contributed by atoms with E-state index in [2.05, 4.69) is 34.4 Å². The minimum absolute atomic E-state index is 0.597. The third-order valence-electron chi connectivity index (χ3n) is 3.08. The zero-order chi connectivity index (χ0) is 14.5. The monoisotopic (exact) mass is 297 g/mol. The molecule has 0 saturated heterocycles. The van der Waals surface area contributed by atoms with Gasteiger partial charge in [-0.2, -0.15) is 10.1 Å². The quantitative estimate of drug-likeness (QED) is 0.793. The summed E-state index contributed by atoms with van der Waals surface area (Å²) < 4.78 is 6.88. The first-order chi connectivity index (χ1) is 9.65. The number of nitrogens with zero attached hydrogens (tertiary/aromatic N) is 4. The summed E-state index contributed by atoms with van der Waals surface area (Å²) in [4.78, 5) is 4.16. The van der Waals surface area contributed by atoms with E-state index >= 15 is 0 Å². The van der Waals surface area contributed by atoms with Crippen LogP contribution in [0.15, 0.2) is 4.52 Å². The van der Waals surface area contributed by atoms with E-state index in [1.54, 1.807) is 6.92 Å². The van der Waals surface area contributed by atoms with Crippen LogP contribution >= 0.6 is 11.6 Å². The van der Waals surface area contributed by atoms with Crippen molar-refractivity contribution in [3.05, 3.63) is 28.1 Å². The average Bonchev–Trinajstić information content (AvgIpc) is 2.99. The molecule has 0 aliphatic rings. The lowest BCUT2D eigenvalue weighted by molar-refractivity contribution is 0.387. The molecule has 0 bridgehead atoms. The van der Waals surface area contributed by atoms with Crippen molar-refractivity contribution < 1.29 is 4.52 Å². The van der Waals surface area contributed by atoms with E-state index in [0.29, 0.717) is 12.4 Å². The maximum absolute atomic E-state index is 6.34. The standard InChI is InChI=1S/C13H20ClN5O/c1-4-10-13(14)11(19(5-2)17-10)8-15-7-6-12-16-9(3)20-18-12/h15H,4-8H2,1-3H3. The van der Waals surface area contributed by atoms with Crippen molar-refractivity contribution in [2.45, 2.75) is 46.7 Å². The van der Waals surface area contributed by atoms with Gasteiger partial charge >= 0.3 is 0 Å². The number of hydrogen-bond donors (Lipinski definition) is 1. The molecule has 2 rings (SSSR count). The highest BCUT2D eigenvalue weighted by Gasteiger charge is 2.13. The highest BCUT2D eigenvalue weighted by Crippen LogP contribution is 2.21. The van der Waals surface area contributed by atoms with Gasteiger partial charge in [0.05, 0.1) is 16.4 Å². The summed E-state index contributed by atoms with van der Waals surface area (Å²) in [5, 5.41) is 12.5. The van der Waals surface area contributed by atoms with Gasteiger partial charge in [0.25, 0.3) is 0 Å². The highest BCUT2D eigenvalue weighted by atomic mass is 35.5. The topological polar surface area (TPSA) is 68.8 Å². The normalized spacial score (nSPS) is 11.2. The Morgan fingerprint density at radius 2 is 2.15 bits per heavy atom. The van der Waals surface area contributed by atoms with Crippen LogP contribution in [0.25, 0.3) is 0 Å². The number of rotatable bonds is 7. The van der Waals surface area contributed by atoms with Crippen molar-refractivity contribution in [3.63, 3.8) is 0 Å². The summed E-state index contributed by atoms with van der Waals surface area (Å²) in [6, 6.07) is 0. The average molecular weight is 298 g/mol. The molecule has 7 heteroatoms. The van der Waals surface area contributed by atoms with Crippen molar-refractivity contribution in [2.75, 3.05) is 6.54 Å². The predicted octanol–water partition coefficient (Wildman–Crippen LogP) is 2.14. The molecular weight excluding hydrogens is 278 g/mol. The van der Waals surface area contributed by atoms with Crippen LogP contribution in [0.4, 0.5) is 0 Å². The lowest BCUT2D eigenvalue weighted by Crippen LogP contribution is -2.19. The molecule has 0 radical (unpaired) electrons. The third kappa shape index (κ3) is 3.37. The van der Waals surface area contributed by atoms with E-state index in [1.165, 1.54) is 0 Å². The van der Waals surface area contributed by atoms with Crippen LogP contribution in [0.2, 0.25) is 5.02 Å². The summed E-state index contributed by atoms with van der Waals surface area (Å²) in [5.41, 5.74) is 1.99. The zero-order valence-electron chi connectivity index (χ0n) is 12.1. The number of halogens is 1. The van der Waals surface area contributed by atoms with Crippen LogP contribution in [0.5, 0.6) is 0 Å². The van der Waals surface area contributed by atoms with Crippen molar-refractivity contribution in [2.24, 2.45) is 0 Å². The summed E-state index contributed by atoms with van der Waals surface area (Å²) in [7, 11) is 0. The maximum Gasteiger partial charge on any atom is 0.223 e. The Bertz CT molecular complexity index is 563. The first-order valence-electron chi connectivity index (χ1n) is 6.89. The molecule has 0 aromatic carbocycles. The molecule has 2 aromatic rings. The van der Waals surface area contributed by atoms with Gasteiger partial charge in [-0.1, -0.05) is 23.7 Å². The van der Waals surface area contributed by atoms with E-state index in [0.717, 1.165) is 48.2 Å². The summed E-state index contributed by atoms with van der Waals surface area (Å²) in [6.45, 7) is 8.19. The fourth-order valence-electron chi connectivity index (χ4n) is 2.04. The van der Waals surface area contributed by atoms with Crippen LogP contribution in [0, 0.1) is 6.92 Å². The molecule has 6 nitrogen and oxygen atoms in total. The molecule has 0 unspecified atom stereocenters. The first kappa shape index (κ1) is 15.0. The van der Waals surface area contributed by atoms with E-state index in [1.807, 2.05) is 4.68 Å². The van der Waals surface area contributed by atoms with E-state index in [4.69, 9.17) is 16.1 Å². The van der Waals surface area contributed by atoms with E-state index in [-0.39, 0.29) is 0 Å². The Labute approximate surface area is 123 Å². The predicted molar refractivity (Wildman–Crippen MR) is 76.7 cm³/mol. The van der Waals surface area contributed by atoms with Gasteiger partial charge in [0.15, 0.2) is 5.82 Å². The molecule has 110 valence electrons. The molecule has 0 saturated carbocycles. The van der Waals surface area contributed by atoms with E-state index < -0.39 is 0 Å². The summed E-state index contributed by atoms with van der Waals surface area (Å²) >= 11 is 6.34. The Kier molecular flexibility index (Phi) is 5.14. The zero-order valence-corrected chi connectivity index (χ0v) is 12.9. The van der Waals surface area contributed by atoms with Gasteiger partial charge in [-0.3, -0.25) is 4.68 Å². The molecule has 0 atom stereocenters. The number of nitrogens with one attached hydrogen (secondary N) is 1. The lowest BCUT2D eigenvalue weighted by Gasteiger charge is -2.06. The van der Waals surface area contributed by atoms with Crippen molar-refractivity contribution >= 4 is 11.6 Å². The Morgan fingerprint density at radius 3 is 2.75 bits per heavy atom. The number of aryl methyl sites for hydroxylation is 3. The summed E-state index contributed by atoms with van der Waals surface area (Å²) in [6.07, 6.45) is 1.58. The number of hydrogen-bond acceptors (Lipinski definition) is 5. The Balaban J connectivity index is 1.89. The summed E-state index contributed by atoms with van der Waals surface area (Å²) in [5.74, 6) is 1.32. The van der Waals surface area contributed by atoms with Gasteiger partial charge in [-0.15, -0.1) is 0 Å². The highest BCUT2D eigenvalue weighted by molar-refractivity contribution is 6.31. The SMILES string of the molecule is CCc1nn(CC)c(CNCCc2noc(C)n2)c1Cl. The van der Waals surface area contributed by atoms with Crippen LogP contribution in [0.3, 0.4) is 0 Å². The van der Waals surface area contributed by atoms with Gasteiger partial charge < -0.3 is 9.84 Å². The van der Waals surface area contributed by atoms with Crippen molar-refractivity contribution in [1.82, 2.24) is 25.2 Å². The molecule has 2 aromatic heterocycles. The second kappa shape index (κ2) is 6.85. The second-order valence-electron chi connectivity index (χ2n) is 4.53. The minimum atomic E-state index is 0.597. The minimum Gasteiger partial charge on any atom is -0.340 e. The fourth-order valence-corrected chi connectivity index (χ4v) is 2.37. The Morgan fingerprint density at radius 1 is 1.35 bits per heavy atom. The van der Waals surface area contributed by atoms with Gasteiger partial charge in [0.2, 0.25) is 5.89 Å². The van der Waals surface area contributed by atoms with Crippen LogP contribution in [-0.2, 0) is 25.9 Å². The van der Waals surface area contributed by atoms with E-state index in [9.17, 15) is 0 Å². The molecule has 1 N–H and O–H groups in total. The van der Waals surface area contributed by atoms with Gasteiger partial charge in [-0.25, -0.2) is 0 Å². The smallest absolute Gasteiger partial charge is 0.223 e. The Hall–Kier alpha value is -1.40. The molecular formula is C13H20ClN5O. The third-order valence-corrected chi connectivity index (χ3v) is 3.52. The van der Waals surface area contributed by atoms with Gasteiger partial charge in [0, 0.05) is 33.0 Å². The van der Waals surface area contributed by atoms with Gasteiger partial charge in [-0.05, 0) is 13.3 Å². The fraction of sp³-hybridized carbons (Fsp3) is 0.615. The molecule has 0 fully saturated rings. The molecule has 0 amide bonds. The molecule has 0 aliphatic carbocycles. The lowest BCUT2D eigenvalue weighted by atomic mass is 10.3. The molecule has 0 spiro atoms. The first-order valence-corrected chi connectivity index (χ1v) is 7.27. The van der Waals surface area contributed by atoms with Crippen LogP contribution in [-0.4, -0.2) is 26.5 Å². The van der Waals surface area contributed by atoms with Crippen molar-refractivity contribution in [3.8, 4) is 0 Å². The van der Waals surface area contributed by atoms with Crippen LogP contribution < -0.4 is 5.32 Å². The largest absolute Gasteiger partial charge is 0.340 e. The molecule has 2 heterocycles. The second-order valence-corrected chi connectivity index (χ2v) is 4.91. The molecule has 0 aliphatic heterocycles.